The second-order valence-corrected chi connectivity index (χ2v) is 4.67. The lowest BCUT2D eigenvalue weighted by Crippen LogP contribution is -2.31. The molecule has 3 heteroatoms. The van der Waals surface area contributed by atoms with Crippen molar-refractivity contribution in [3.63, 3.8) is 0 Å². The highest BCUT2D eigenvalue weighted by Crippen LogP contribution is 2.09. The van der Waals surface area contributed by atoms with Crippen LogP contribution < -0.4 is 0 Å². The van der Waals surface area contributed by atoms with Crippen LogP contribution in [0.4, 0.5) is 0 Å². The van der Waals surface area contributed by atoms with Crippen molar-refractivity contribution in [2.24, 2.45) is 0 Å². The number of nitrogens with zero attached hydrogens (tertiary/aromatic N) is 1. The Kier molecular flexibility index (Phi) is 6.44. The molecule has 0 atom stereocenters. The summed E-state index contributed by atoms with van der Waals surface area (Å²) in [7, 11) is 0. The van der Waals surface area contributed by atoms with E-state index in [1.807, 2.05) is 19.1 Å². The Labute approximate surface area is 120 Å². The van der Waals surface area contributed by atoms with E-state index in [0.29, 0.717) is 18.7 Å². The van der Waals surface area contributed by atoms with Gasteiger partial charge < -0.3 is 4.90 Å². The lowest BCUT2D eigenvalue weighted by molar-refractivity contribution is -0.130. The number of amides is 1. The Morgan fingerprint density at radius 2 is 1.60 bits per heavy atom. The third kappa shape index (κ3) is 4.84. The highest BCUT2D eigenvalue weighted by Gasteiger charge is 2.13. The molecule has 1 rings (SSSR count). The fraction of sp³-hybridized carbons (Fsp3) is 0.294. The fourth-order valence-corrected chi connectivity index (χ4v) is 1.85. The van der Waals surface area contributed by atoms with Crippen LogP contribution in [0.15, 0.2) is 49.6 Å². The summed E-state index contributed by atoms with van der Waals surface area (Å²) in [4.78, 5) is 25.6. The molecule has 0 bridgehead atoms. The van der Waals surface area contributed by atoms with Gasteiger partial charge in [-0.3, -0.25) is 9.59 Å². The molecule has 0 aliphatic rings. The van der Waals surface area contributed by atoms with Gasteiger partial charge in [-0.15, -0.1) is 13.2 Å². The Morgan fingerprint density at radius 3 is 2.10 bits per heavy atom. The second kappa shape index (κ2) is 8.10. The molecule has 1 amide bonds. The van der Waals surface area contributed by atoms with Gasteiger partial charge in [0, 0.05) is 31.5 Å². The van der Waals surface area contributed by atoms with E-state index in [4.69, 9.17) is 0 Å². The number of aryl methyl sites for hydroxylation is 1. The molecule has 0 heterocycles. The summed E-state index contributed by atoms with van der Waals surface area (Å²) in [5.74, 6) is -0.0548. The first-order chi connectivity index (χ1) is 9.58. The van der Waals surface area contributed by atoms with Gasteiger partial charge in [-0.1, -0.05) is 42.0 Å². The van der Waals surface area contributed by atoms with Crippen LogP contribution in [0.1, 0.15) is 28.8 Å². The number of carbonyl (C=O) groups is 2. The number of rotatable bonds is 8. The van der Waals surface area contributed by atoms with E-state index in [1.54, 1.807) is 29.2 Å². The van der Waals surface area contributed by atoms with Crippen LogP contribution in [0.3, 0.4) is 0 Å². The van der Waals surface area contributed by atoms with Crippen molar-refractivity contribution in [2.45, 2.75) is 19.8 Å². The van der Waals surface area contributed by atoms with Crippen molar-refractivity contribution in [2.75, 3.05) is 13.1 Å². The van der Waals surface area contributed by atoms with Crippen molar-refractivity contribution < 1.29 is 9.59 Å². The predicted molar refractivity (Wildman–Crippen MR) is 81.7 cm³/mol. The van der Waals surface area contributed by atoms with Crippen molar-refractivity contribution in [1.29, 1.82) is 0 Å². The Hall–Kier alpha value is -2.16. The Bertz CT molecular complexity index is 478. The molecule has 3 nitrogen and oxygen atoms in total. The summed E-state index contributed by atoms with van der Waals surface area (Å²) in [5, 5.41) is 0. The molecule has 0 aliphatic heterocycles. The van der Waals surface area contributed by atoms with Crippen molar-refractivity contribution in [3.8, 4) is 0 Å². The topological polar surface area (TPSA) is 37.4 Å². The van der Waals surface area contributed by atoms with Crippen molar-refractivity contribution in [3.05, 3.63) is 60.7 Å². The average molecular weight is 271 g/mol. The number of Topliss-reactive ketones (excluding diaryl/α,β-unsaturated/α-hetero) is 1. The van der Waals surface area contributed by atoms with Gasteiger partial charge >= 0.3 is 0 Å². The van der Waals surface area contributed by atoms with E-state index < -0.39 is 0 Å². The van der Waals surface area contributed by atoms with E-state index in [1.165, 1.54) is 0 Å². The quantitative estimate of drug-likeness (QED) is 0.538. The zero-order valence-corrected chi connectivity index (χ0v) is 12.0. The normalized spacial score (nSPS) is 9.85. The molecule has 20 heavy (non-hydrogen) atoms. The van der Waals surface area contributed by atoms with Crippen LogP contribution in [-0.4, -0.2) is 29.7 Å². The molecule has 0 unspecified atom stereocenters. The van der Waals surface area contributed by atoms with Gasteiger partial charge in [0.15, 0.2) is 5.78 Å². The summed E-state index contributed by atoms with van der Waals surface area (Å²) in [5.41, 5.74) is 1.77. The third-order valence-corrected chi connectivity index (χ3v) is 2.99. The number of benzene rings is 1. The summed E-state index contributed by atoms with van der Waals surface area (Å²) < 4.78 is 0. The monoisotopic (exact) mass is 271 g/mol. The maximum atomic E-state index is 12.0. The predicted octanol–water partition coefficient (Wildman–Crippen LogP) is 3.16. The molecule has 0 aliphatic carbocycles. The first-order valence-electron chi connectivity index (χ1n) is 6.68. The first-order valence-corrected chi connectivity index (χ1v) is 6.68. The number of hydrogen-bond acceptors (Lipinski definition) is 2. The molecule has 106 valence electrons. The second-order valence-electron chi connectivity index (χ2n) is 4.67. The standard InChI is InChI=1S/C17H21NO2/c1-4-12-18(13-5-2)17(20)11-10-16(19)15-8-6-14(3)7-9-15/h4-9H,1-2,10-13H2,3H3. The maximum Gasteiger partial charge on any atom is 0.223 e. The summed E-state index contributed by atoms with van der Waals surface area (Å²) in [6.45, 7) is 10.2. The van der Waals surface area contributed by atoms with Crippen LogP contribution in [0.5, 0.6) is 0 Å². The van der Waals surface area contributed by atoms with Gasteiger partial charge in [0.2, 0.25) is 5.91 Å². The van der Waals surface area contributed by atoms with Gasteiger partial charge in [-0.2, -0.15) is 0 Å². The van der Waals surface area contributed by atoms with Gasteiger partial charge in [0.25, 0.3) is 0 Å². The SMILES string of the molecule is C=CCN(CC=C)C(=O)CCC(=O)c1ccc(C)cc1. The molecule has 1 aromatic carbocycles. The van der Waals surface area contributed by atoms with Gasteiger partial charge in [0.1, 0.15) is 0 Å². The van der Waals surface area contributed by atoms with Crippen LogP contribution in [-0.2, 0) is 4.79 Å². The summed E-state index contributed by atoms with van der Waals surface area (Å²) in [6, 6.07) is 7.40. The molecule has 0 saturated heterocycles. The largest absolute Gasteiger partial charge is 0.335 e. The van der Waals surface area contributed by atoms with Crippen LogP contribution in [0.2, 0.25) is 0 Å². The Balaban J connectivity index is 2.54. The Morgan fingerprint density at radius 1 is 1.05 bits per heavy atom. The molecular formula is C17H21NO2. The first kappa shape index (κ1) is 15.9. The number of hydrogen-bond donors (Lipinski definition) is 0. The highest BCUT2D eigenvalue weighted by atomic mass is 16.2. The smallest absolute Gasteiger partial charge is 0.223 e. The summed E-state index contributed by atoms with van der Waals surface area (Å²) in [6.07, 6.45) is 3.79. The minimum Gasteiger partial charge on any atom is -0.335 e. The lowest BCUT2D eigenvalue weighted by Gasteiger charge is -2.18. The zero-order chi connectivity index (χ0) is 15.0. The molecule has 0 N–H and O–H groups in total. The number of ketones is 1. The van der Waals surface area contributed by atoms with Crippen LogP contribution in [0, 0.1) is 6.92 Å². The van der Waals surface area contributed by atoms with Crippen molar-refractivity contribution >= 4 is 11.7 Å². The van der Waals surface area contributed by atoms with Gasteiger partial charge in [-0.25, -0.2) is 0 Å². The minimum atomic E-state index is -0.0507. The van der Waals surface area contributed by atoms with E-state index in [0.717, 1.165) is 5.56 Å². The maximum absolute atomic E-state index is 12.0. The lowest BCUT2D eigenvalue weighted by atomic mass is 10.0. The molecule has 1 aromatic rings. The molecular weight excluding hydrogens is 250 g/mol. The third-order valence-electron chi connectivity index (χ3n) is 2.99. The highest BCUT2D eigenvalue weighted by molar-refractivity contribution is 5.98. The van der Waals surface area contributed by atoms with Crippen molar-refractivity contribution in [1.82, 2.24) is 4.90 Å². The van der Waals surface area contributed by atoms with E-state index >= 15 is 0 Å². The number of carbonyl (C=O) groups excluding carboxylic acids is 2. The fourth-order valence-electron chi connectivity index (χ4n) is 1.85. The average Bonchev–Trinajstić information content (AvgIpc) is 2.45. The van der Waals surface area contributed by atoms with Gasteiger partial charge in [0.05, 0.1) is 0 Å². The molecule has 0 saturated carbocycles. The summed E-state index contributed by atoms with van der Waals surface area (Å²) >= 11 is 0. The molecule has 0 aromatic heterocycles. The zero-order valence-electron chi connectivity index (χ0n) is 12.0. The van der Waals surface area contributed by atoms with E-state index in [-0.39, 0.29) is 24.5 Å². The molecule has 0 radical (unpaired) electrons. The molecule has 0 spiro atoms. The van der Waals surface area contributed by atoms with E-state index in [2.05, 4.69) is 13.2 Å². The van der Waals surface area contributed by atoms with Gasteiger partial charge in [-0.05, 0) is 6.92 Å². The minimum absolute atomic E-state index is 0.00416. The van der Waals surface area contributed by atoms with Crippen LogP contribution in [0.25, 0.3) is 0 Å². The van der Waals surface area contributed by atoms with E-state index in [9.17, 15) is 9.59 Å². The van der Waals surface area contributed by atoms with Crippen LogP contribution >= 0.6 is 0 Å². The molecule has 0 fully saturated rings.